The molecule has 9 heteroatoms. The van der Waals surface area contributed by atoms with Gasteiger partial charge in [-0.25, -0.2) is 15.8 Å². The third kappa shape index (κ3) is 4.78. The largest absolute Gasteiger partial charge is 0.367 e. The fourth-order valence-electron chi connectivity index (χ4n) is 3.99. The second-order valence-electron chi connectivity index (χ2n) is 9.42. The zero-order chi connectivity index (χ0) is 25.2. The normalized spacial score (nSPS) is 13.1. The van der Waals surface area contributed by atoms with E-state index < -0.39 is 5.91 Å². The van der Waals surface area contributed by atoms with Crippen molar-refractivity contribution in [1.82, 2.24) is 25.1 Å². The van der Waals surface area contributed by atoms with Crippen molar-refractivity contribution in [2.24, 2.45) is 11.8 Å². The summed E-state index contributed by atoms with van der Waals surface area (Å²) in [4.78, 5) is 34.8. The van der Waals surface area contributed by atoms with Crippen LogP contribution in [0.1, 0.15) is 47.5 Å². The topological polar surface area (TPSA) is 126 Å². The van der Waals surface area contributed by atoms with Gasteiger partial charge in [-0.05, 0) is 30.9 Å². The van der Waals surface area contributed by atoms with Crippen molar-refractivity contribution in [2.45, 2.75) is 32.7 Å². The van der Waals surface area contributed by atoms with E-state index in [0.29, 0.717) is 35.2 Å². The summed E-state index contributed by atoms with van der Waals surface area (Å²) >= 11 is 0. The molecule has 0 bridgehead atoms. The number of nitrogens with zero attached hydrogens (tertiary/aromatic N) is 3. The number of rotatable bonds is 8. The lowest BCUT2D eigenvalue weighted by molar-refractivity contribution is 0.0942. The molecule has 2 amide bonds. The van der Waals surface area contributed by atoms with Crippen LogP contribution in [0.25, 0.3) is 28.2 Å². The molecule has 4 aromatic rings. The first-order valence-electron chi connectivity index (χ1n) is 12.1. The summed E-state index contributed by atoms with van der Waals surface area (Å²) < 4.78 is 1.86. The smallest absolute Gasteiger partial charge is 0.286 e. The van der Waals surface area contributed by atoms with Crippen molar-refractivity contribution in [3.63, 3.8) is 0 Å². The highest BCUT2D eigenvalue weighted by molar-refractivity contribution is 6.00. The molecule has 1 saturated carbocycles. The lowest BCUT2D eigenvalue weighted by Crippen LogP contribution is -2.30. The molecular formula is C27H29N7O2. The van der Waals surface area contributed by atoms with Gasteiger partial charge in [-0.2, -0.15) is 0 Å². The van der Waals surface area contributed by atoms with Crippen molar-refractivity contribution in [1.29, 1.82) is 0 Å². The summed E-state index contributed by atoms with van der Waals surface area (Å²) in [6.45, 7) is 4.90. The van der Waals surface area contributed by atoms with Gasteiger partial charge >= 0.3 is 0 Å². The molecule has 1 aliphatic carbocycles. The van der Waals surface area contributed by atoms with E-state index in [-0.39, 0.29) is 17.6 Å². The van der Waals surface area contributed by atoms with Crippen LogP contribution in [0.15, 0.2) is 60.8 Å². The number of amides is 2. The van der Waals surface area contributed by atoms with Gasteiger partial charge in [0.05, 0.1) is 11.4 Å². The molecule has 1 aliphatic rings. The zero-order valence-corrected chi connectivity index (χ0v) is 20.3. The summed E-state index contributed by atoms with van der Waals surface area (Å²) in [5.41, 5.74) is 6.41. The molecule has 0 unspecified atom stereocenters. The van der Waals surface area contributed by atoms with Crippen molar-refractivity contribution in [3.8, 4) is 22.5 Å². The number of hydrazine groups is 1. The molecule has 5 N–H and O–H groups in total. The highest BCUT2D eigenvalue weighted by atomic mass is 16.2. The molecule has 9 nitrogen and oxygen atoms in total. The van der Waals surface area contributed by atoms with Crippen LogP contribution >= 0.6 is 0 Å². The fourth-order valence-corrected chi connectivity index (χ4v) is 3.99. The molecular weight excluding hydrogens is 454 g/mol. The number of aromatic nitrogens is 3. The van der Waals surface area contributed by atoms with Crippen molar-refractivity contribution < 1.29 is 9.59 Å². The minimum Gasteiger partial charge on any atom is -0.367 e. The quantitative estimate of drug-likeness (QED) is 0.172. The van der Waals surface area contributed by atoms with Crippen LogP contribution in [0.4, 0.5) is 5.82 Å². The van der Waals surface area contributed by atoms with Gasteiger partial charge in [0, 0.05) is 35.5 Å². The standard InChI is InChI=1S/C27H29N7O2/c1-16(2)14-29-24-25-32-22(27(36)33-28)23(34(25)15-21(31-24)17-6-4-3-5-7-17)18-8-10-19(11-9-18)26(35)30-20-12-13-20/h3-11,15-16,20H,12-14,28H2,1-2H3,(H,29,31)(H,30,35)(H,33,36). The molecule has 184 valence electrons. The molecule has 5 rings (SSSR count). The Morgan fingerprint density at radius 1 is 1.00 bits per heavy atom. The van der Waals surface area contributed by atoms with Gasteiger partial charge in [0.2, 0.25) is 0 Å². The lowest BCUT2D eigenvalue weighted by Gasteiger charge is -2.13. The van der Waals surface area contributed by atoms with Crippen LogP contribution in [-0.4, -0.2) is 38.8 Å². The Labute approximate surface area is 209 Å². The molecule has 2 aromatic carbocycles. The zero-order valence-electron chi connectivity index (χ0n) is 20.3. The molecule has 0 aliphatic heterocycles. The van der Waals surface area contributed by atoms with Crippen molar-refractivity contribution in [2.75, 3.05) is 11.9 Å². The van der Waals surface area contributed by atoms with Gasteiger partial charge in [-0.15, -0.1) is 0 Å². The van der Waals surface area contributed by atoms with Crippen LogP contribution in [0.2, 0.25) is 0 Å². The van der Waals surface area contributed by atoms with E-state index in [1.165, 1.54) is 0 Å². The second-order valence-corrected chi connectivity index (χ2v) is 9.42. The Bertz CT molecular complexity index is 1410. The Morgan fingerprint density at radius 3 is 2.36 bits per heavy atom. The predicted octanol–water partition coefficient (Wildman–Crippen LogP) is 3.63. The van der Waals surface area contributed by atoms with Gasteiger partial charge in [0.25, 0.3) is 11.8 Å². The first kappa shape index (κ1) is 23.5. The van der Waals surface area contributed by atoms with Crippen LogP contribution in [0, 0.1) is 5.92 Å². The first-order valence-corrected chi connectivity index (χ1v) is 12.1. The molecule has 0 atom stereocenters. The van der Waals surface area contributed by atoms with Crippen LogP contribution in [-0.2, 0) is 0 Å². The number of carbonyl (C=O) groups excluding carboxylic acids is 2. The number of nitrogen functional groups attached to an aromatic ring is 1. The van der Waals surface area contributed by atoms with Crippen LogP contribution in [0.5, 0.6) is 0 Å². The molecule has 36 heavy (non-hydrogen) atoms. The minimum absolute atomic E-state index is 0.0992. The number of hydrogen-bond acceptors (Lipinski definition) is 6. The number of benzene rings is 2. The number of carbonyl (C=O) groups is 2. The minimum atomic E-state index is -0.514. The summed E-state index contributed by atoms with van der Waals surface area (Å²) in [5, 5.41) is 6.38. The molecule has 1 fully saturated rings. The number of imidazole rings is 1. The Morgan fingerprint density at radius 2 is 1.72 bits per heavy atom. The Kier molecular flexibility index (Phi) is 6.39. The Hall–Kier alpha value is -4.24. The average molecular weight is 484 g/mol. The second kappa shape index (κ2) is 9.79. The van der Waals surface area contributed by atoms with Crippen molar-refractivity contribution in [3.05, 3.63) is 72.1 Å². The van der Waals surface area contributed by atoms with Gasteiger partial charge in [0.15, 0.2) is 17.2 Å². The number of nitrogens with two attached hydrogens (primary N) is 1. The SMILES string of the molecule is CC(C)CNc1nc(-c2ccccc2)cn2c(-c3ccc(C(=O)NC4CC4)cc3)c(C(=O)NN)nc12. The predicted molar refractivity (Wildman–Crippen MR) is 139 cm³/mol. The van der Waals surface area contributed by atoms with E-state index in [1.807, 2.05) is 53.1 Å². The highest BCUT2D eigenvalue weighted by Gasteiger charge is 2.25. The fraction of sp³-hybridized carbons (Fsp3) is 0.259. The molecule has 2 heterocycles. The summed E-state index contributed by atoms with van der Waals surface area (Å²) in [6, 6.07) is 17.3. The van der Waals surface area contributed by atoms with E-state index in [4.69, 9.17) is 10.8 Å². The summed E-state index contributed by atoms with van der Waals surface area (Å²) in [7, 11) is 0. The van der Waals surface area contributed by atoms with E-state index in [0.717, 1.165) is 29.7 Å². The summed E-state index contributed by atoms with van der Waals surface area (Å²) in [5.74, 6) is 5.85. The van der Waals surface area contributed by atoms with E-state index in [2.05, 4.69) is 34.9 Å². The highest BCUT2D eigenvalue weighted by Crippen LogP contribution is 2.31. The number of fused-ring (bicyclic) bond motifs is 1. The van der Waals surface area contributed by atoms with Gasteiger partial charge in [-0.1, -0.05) is 56.3 Å². The third-order valence-corrected chi connectivity index (χ3v) is 6.03. The van der Waals surface area contributed by atoms with Crippen molar-refractivity contribution >= 4 is 23.3 Å². The van der Waals surface area contributed by atoms with E-state index >= 15 is 0 Å². The van der Waals surface area contributed by atoms with Crippen LogP contribution < -0.4 is 21.9 Å². The summed E-state index contributed by atoms with van der Waals surface area (Å²) in [6.07, 6.45) is 3.91. The monoisotopic (exact) mass is 483 g/mol. The number of anilines is 1. The van der Waals surface area contributed by atoms with Crippen LogP contribution in [0.3, 0.4) is 0 Å². The maximum atomic E-state index is 12.8. The molecule has 0 saturated heterocycles. The third-order valence-electron chi connectivity index (χ3n) is 6.03. The van der Waals surface area contributed by atoms with E-state index in [9.17, 15) is 9.59 Å². The Balaban J connectivity index is 1.67. The average Bonchev–Trinajstić information content (AvgIpc) is 3.63. The maximum Gasteiger partial charge on any atom is 0.286 e. The van der Waals surface area contributed by atoms with Gasteiger partial charge in [-0.3, -0.25) is 19.4 Å². The first-order chi connectivity index (χ1) is 17.4. The molecule has 2 aromatic heterocycles. The molecule has 0 radical (unpaired) electrons. The van der Waals surface area contributed by atoms with Gasteiger partial charge in [0.1, 0.15) is 0 Å². The van der Waals surface area contributed by atoms with E-state index in [1.54, 1.807) is 12.1 Å². The number of hydrogen-bond donors (Lipinski definition) is 4. The lowest BCUT2D eigenvalue weighted by atomic mass is 10.1. The number of nitrogens with one attached hydrogen (secondary N) is 3. The van der Waals surface area contributed by atoms with Gasteiger partial charge < -0.3 is 10.6 Å². The maximum absolute atomic E-state index is 12.8. The molecule has 0 spiro atoms.